The van der Waals surface area contributed by atoms with Gasteiger partial charge in [0.25, 0.3) is 11.8 Å². The molecule has 26 heavy (non-hydrogen) atoms. The highest BCUT2D eigenvalue weighted by Crippen LogP contribution is 2.28. The molecule has 1 fully saturated rings. The molecule has 2 N–H and O–H groups in total. The first kappa shape index (κ1) is 19.9. The van der Waals surface area contributed by atoms with Gasteiger partial charge in [-0.3, -0.25) is 19.3 Å². The zero-order chi connectivity index (χ0) is 19.6. The molecule has 0 saturated carbocycles. The number of imide groups is 1. The van der Waals surface area contributed by atoms with Gasteiger partial charge in [0.1, 0.15) is 12.1 Å². The fourth-order valence-corrected chi connectivity index (χ4v) is 2.48. The van der Waals surface area contributed by atoms with Crippen LogP contribution < -0.4 is 10.6 Å². The van der Waals surface area contributed by atoms with Gasteiger partial charge in [-0.25, -0.2) is 9.78 Å². The Bertz CT molecular complexity index is 796. The van der Waals surface area contributed by atoms with Crippen molar-refractivity contribution in [1.29, 1.82) is 0 Å². The zero-order valence-corrected chi connectivity index (χ0v) is 15.7. The van der Waals surface area contributed by atoms with E-state index >= 15 is 0 Å². The maximum Gasteiger partial charge on any atom is 0.326 e. The molecule has 1 saturated heterocycles. The molecule has 9 nitrogen and oxygen atoms in total. The fourth-order valence-electron chi connectivity index (χ4n) is 2.09. The van der Waals surface area contributed by atoms with E-state index < -0.39 is 42.5 Å². The molecule has 0 aromatic carbocycles. The normalized spacial score (nSPS) is 15.7. The van der Waals surface area contributed by atoms with E-state index in [1.165, 1.54) is 20.0 Å². The lowest BCUT2D eigenvalue weighted by Gasteiger charge is -2.15. The van der Waals surface area contributed by atoms with Crippen molar-refractivity contribution in [1.82, 2.24) is 15.2 Å². The minimum absolute atomic E-state index is 0.0745. The van der Waals surface area contributed by atoms with Crippen molar-refractivity contribution in [3.63, 3.8) is 0 Å². The van der Waals surface area contributed by atoms with Crippen LogP contribution in [0.5, 0.6) is 0 Å². The predicted octanol–water partition coefficient (Wildman–Crippen LogP) is 1.51. The van der Waals surface area contributed by atoms with Crippen LogP contribution in [0.3, 0.4) is 0 Å². The van der Waals surface area contributed by atoms with Gasteiger partial charge in [-0.1, -0.05) is 23.2 Å². The number of hydrogen-bond donors (Lipinski definition) is 2. The molecule has 0 aliphatic carbocycles. The van der Waals surface area contributed by atoms with Crippen LogP contribution in [0.2, 0.25) is 10.0 Å². The molecule has 1 aliphatic heterocycles. The highest BCUT2D eigenvalue weighted by Gasteiger charge is 2.45. The average Bonchev–Trinajstić information content (AvgIpc) is 2.75. The Labute approximate surface area is 159 Å². The first-order valence-corrected chi connectivity index (χ1v) is 8.18. The van der Waals surface area contributed by atoms with E-state index in [1.807, 2.05) is 0 Å². The van der Waals surface area contributed by atoms with Crippen LogP contribution in [-0.2, 0) is 19.1 Å². The third-order valence-corrected chi connectivity index (χ3v) is 4.40. The monoisotopic (exact) mass is 402 g/mol. The summed E-state index contributed by atoms with van der Waals surface area (Å²) in [5.74, 6) is -2.08. The highest BCUT2D eigenvalue weighted by atomic mass is 35.5. The maximum atomic E-state index is 12.0. The second-order valence-corrected chi connectivity index (χ2v) is 6.83. The number of halogens is 2. The van der Waals surface area contributed by atoms with Crippen LogP contribution in [-0.4, -0.2) is 52.4 Å². The smallest absolute Gasteiger partial charge is 0.326 e. The number of aromatic nitrogens is 1. The lowest BCUT2D eigenvalue weighted by Crippen LogP contribution is -2.41. The van der Waals surface area contributed by atoms with Crippen molar-refractivity contribution in [2.75, 3.05) is 18.5 Å². The summed E-state index contributed by atoms with van der Waals surface area (Å²) in [7, 11) is 0. The molecule has 1 aromatic rings. The quantitative estimate of drug-likeness (QED) is 0.569. The summed E-state index contributed by atoms with van der Waals surface area (Å²) in [6.45, 7) is 3.45. The molecule has 0 radical (unpaired) electrons. The molecule has 0 bridgehead atoms. The maximum absolute atomic E-state index is 12.0. The third-order valence-electron chi connectivity index (χ3n) is 3.56. The van der Waals surface area contributed by atoms with Gasteiger partial charge in [0.15, 0.2) is 12.4 Å². The number of nitrogens with one attached hydrogen (secondary N) is 2. The Morgan fingerprint density at radius 1 is 1.35 bits per heavy atom. The van der Waals surface area contributed by atoms with Crippen molar-refractivity contribution in [3.05, 3.63) is 21.8 Å². The summed E-state index contributed by atoms with van der Waals surface area (Å²) >= 11 is 11.9. The number of pyridine rings is 1. The van der Waals surface area contributed by atoms with Crippen LogP contribution in [0.15, 0.2) is 6.20 Å². The summed E-state index contributed by atoms with van der Waals surface area (Å²) in [6, 6.07) is -0.700. The van der Waals surface area contributed by atoms with Gasteiger partial charge in [-0.2, -0.15) is 0 Å². The van der Waals surface area contributed by atoms with Gasteiger partial charge in [-0.15, -0.1) is 0 Å². The van der Waals surface area contributed by atoms with Crippen molar-refractivity contribution in [3.8, 4) is 0 Å². The number of amides is 4. The molecule has 0 spiro atoms. The SMILES string of the molecule is Cc1c(Cl)cnc(NC(=O)COC(=O)CN2C(=O)NC(C)(C)C2=O)c1Cl. The van der Waals surface area contributed by atoms with E-state index in [1.54, 1.807) is 6.92 Å². The molecule has 1 aromatic heterocycles. The molecular weight excluding hydrogens is 387 g/mol. The van der Waals surface area contributed by atoms with E-state index in [2.05, 4.69) is 15.6 Å². The molecule has 0 unspecified atom stereocenters. The summed E-state index contributed by atoms with van der Waals surface area (Å²) < 4.78 is 4.77. The second kappa shape index (κ2) is 7.46. The minimum Gasteiger partial charge on any atom is -0.454 e. The molecule has 2 heterocycles. The number of carbonyl (C=O) groups is 4. The first-order valence-electron chi connectivity index (χ1n) is 7.43. The molecule has 2 rings (SSSR count). The Morgan fingerprint density at radius 2 is 2.00 bits per heavy atom. The minimum atomic E-state index is -1.09. The second-order valence-electron chi connectivity index (χ2n) is 6.05. The first-order chi connectivity index (χ1) is 12.0. The van der Waals surface area contributed by atoms with Gasteiger partial charge >= 0.3 is 12.0 Å². The summed E-state index contributed by atoms with van der Waals surface area (Å²) in [5.41, 5.74) is -0.555. The van der Waals surface area contributed by atoms with Gasteiger partial charge in [0.05, 0.1) is 10.0 Å². The lowest BCUT2D eigenvalue weighted by atomic mass is 10.1. The van der Waals surface area contributed by atoms with Crippen molar-refractivity contribution in [2.24, 2.45) is 0 Å². The lowest BCUT2D eigenvalue weighted by molar-refractivity contribution is -0.150. The highest BCUT2D eigenvalue weighted by molar-refractivity contribution is 6.37. The summed E-state index contributed by atoms with van der Waals surface area (Å²) in [6.07, 6.45) is 1.32. The topological polar surface area (TPSA) is 118 Å². The number of nitrogens with zero attached hydrogens (tertiary/aromatic N) is 2. The van der Waals surface area contributed by atoms with E-state index in [0.29, 0.717) is 10.6 Å². The molecular formula is C15H16Cl2N4O5. The van der Waals surface area contributed by atoms with Crippen LogP contribution >= 0.6 is 23.2 Å². The Balaban J connectivity index is 1.88. The van der Waals surface area contributed by atoms with Crippen molar-refractivity contribution in [2.45, 2.75) is 26.3 Å². The Kier molecular flexibility index (Phi) is 5.72. The van der Waals surface area contributed by atoms with E-state index in [4.69, 9.17) is 27.9 Å². The van der Waals surface area contributed by atoms with E-state index in [-0.39, 0.29) is 10.8 Å². The Morgan fingerprint density at radius 3 is 2.58 bits per heavy atom. The third kappa shape index (κ3) is 4.23. The van der Waals surface area contributed by atoms with Crippen LogP contribution in [0.1, 0.15) is 19.4 Å². The number of anilines is 1. The van der Waals surface area contributed by atoms with Crippen molar-refractivity contribution >= 4 is 52.8 Å². The number of urea groups is 1. The zero-order valence-electron chi connectivity index (χ0n) is 14.2. The van der Waals surface area contributed by atoms with Gasteiger partial charge in [0.2, 0.25) is 0 Å². The van der Waals surface area contributed by atoms with Crippen molar-refractivity contribution < 1.29 is 23.9 Å². The predicted molar refractivity (Wildman–Crippen MR) is 92.9 cm³/mol. The Hall–Kier alpha value is -2.39. The largest absolute Gasteiger partial charge is 0.454 e. The molecule has 4 amide bonds. The van der Waals surface area contributed by atoms with E-state index in [0.717, 1.165) is 4.90 Å². The molecule has 11 heteroatoms. The average molecular weight is 403 g/mol. The van der Waals surface area contributed by atoms with Crippen LogP contribution in [0, 0.1) is 6.92 Å². The molecule has 140 valence electrons. The summed E-state index contributed by atoms with van der Waals surface area (Å²) in [4.78, 5) is 51.9. The van der Waals surface area contributed by atoms with Gasteiger partial charge in [0, 0.05) is 6.20 Å². The van der Waals surface area contributed by atoms with Crippen LogP contribution in [0.4, 0.5) is 10.6 Å². The van der Waals surface area contributed by atoms with Gasteiger partial charge < -0.3 is 15.4 Å². The number of ether oxygens (including phenoxy) is 1. The standard InChI is InChI=1S/C15H16Cl2N4O5/c1-7-8(16)4-18-12(11(7)17)19-9(22)6-26-10(23)5-21-13(24)15(2,3)20-14(21)25/h4H,5-6H2,1-3H3,(H,20,25)(H,18,19,22). The molecule has 1 aliphatic rings. The molecule has 0 atom stereocenters. The van der Waals surface area contributed by atoms with Gasteiger partial charge in [-0.05, 0) is 26.3 Å². The number of carbonyl (C=O) groups excluding carboxylic acids is 4. The summed E-state index contributed by atoms with van der Waals surface area (Å²) in [5, 5.41) is 5.32. The fraction of sp³-hybridized carbons (Fsp3) is 0.400. The number of rotatable bonds is 5. The van der Waals surface area contributed by atoms with E-state index in [9.17, 15) is 19.2 Å². The number of esters is 1. The number of hydrogen-bond acceptors (Lipinski definition) is 6. The van der Waals surface area contributed by atoms with Crippen LogP contribution in [0.25, 0.3) is 0 Å².